The molecule has 0 fully saturated rings. The second-order valence-electron chi connectivity index (χ2n) is 3.87. The van der Waals surface area contributed by atoms with E-state index in [1.165, 1.54) is 0 Å². The van der Waals surface area contributed by atoms with Gasteiger partial charge in [0.1, 0.15) is 0 Å². The molecule has 0 radical (unpaired) electrons. The average molecular weight is 226 g/mol. The van der Waals surface area contributed by atoms with Gasteiger partial charge in [-0.1, -0.05) is 0 Å². The molecule has 0 bridgehead atoms. The van der Waals surface area contributed by atoms with E-state index >= 15 is 0 Å². The van der Waals surface area contributed by atoms with Crippen molar-refractivity contribution in [2.45, 2.75) is 6.42 Å². The smallest absolute Gasteiger partial charge is 0.160 e. The first-order chi connectivity index (χ1) is 7.13. The lowest BCUT2D eigenvalue weighted by Crippen LogP contribution is -2.22. The Balaban J connectivity index is 2.39. The summed E-state index contributed by atoms with van der Waals surface area (Å²) in [5.41, 5.74) is 0. The van der Waals surface area contributed by atoms with E-state index in [0.29, 0.717) is 0 Å². The third-order valence-electron chi connectivity index (χ3n) is 2.20. The predicted octanol–water partition coefficient (Wildman–Crippen LogP) is 1.95. The van der Waals surface area contributed by atoms with Crippen LogP contribution >= 0.6 is 11.3 Å². The fourth-order valence-electron chi connectivity index (χ4n) is 1.35. The van der Waals surface area contributed by atoms with Crippen LogP contribution in [0.25, 0.3) is 0 Å². The summed E-state index contributed by atoms with van der Waals surface area (Å²) in [4.78, 5) is 15.7. The van der Waals surface area contributed by atoms with E-state index in [1.54, 1.807) is 11.3 Å². The minimum absolute atomic E-state index is 0.796. The summed E-state index contributed by atoms with van der Waals surface area (Å²) in [6, 6.07) is 3.87. The zero-order chi connectivity index (χ0) is 11.3. The van der Waals surface area contributed by atoms with Gasteiger partial charge in [-0.2, -0.15) is 0 Å². The third-order valence-corrected chi connectivity index (χ3v) is 3.33. The predicted molar refractivity (Wildman–Crippen MR) is 66.1 cm³/mol. The molecule has 0 saturated carbocycles. The molecule has 0 N–H and O–H groups in total. The van der Waals surface area contributed by atoms with E-state index in [9.17, 15) is 4.79 Å². The number of carbonyl (C=O) groups excluding carboxylic acids is 1. The molecule has 0 saturated heterocycles. The first-order valence-corrected chi connectivity index (χ1v) is 5.86. The number of carbonyl (C=O) groups is 1. The number of hydrogen-bond acceptors (Lipinski definition) is 4. The maximum absolute atomic E-state index is 10.5. The van der Waals surface area contributed by atoms with Gasteiger partial charge in [0.05, 0.1) is 9.88 Å². The van der Waals surface area contributed by atoms with Gasteiger partial charge in [-0.15, -0.1) is 11.3 Å². The van der Waals surface area contributed by atoms with Crippen molar-refractivity contribution >= 4 is 22.6 Å². The second kappa shape index (κ2) is 5.88. The summed E-state index contributed by atoms with van der Waals surface area (Å²) in [5.74, 6) is 0. The fraction of sp³-hybridized carbons (Fsp3) is 0.545. The molecule has 1 rings (SSSR count). The number of rotatable bonds is 6. The highest BCUT2D eigenvalue weighted by Crippen LogP contribution is 2.23. The Hall–Kier alpha value is -0.870. The molecule has 1 aromatic rings. The Morgan fingerprint density at radius 3 is 2.53 bits per heavy atom. The van der Waals surface area contributed by atoms with Crippen molar-refractivity contribution in [2.75, 3.05) is 39.1 Å². The Morgan fingerprint density at radius 2 is 2.00 bits per heavy atom. The number of nitrogens with zero attached hydrogens (tertiary/aromatic N) is 2. The molecule has 0 spiro atoms. The van der Waals surface area contributed by atoms with Crippen LogP contribution in [-0.2, 0) is 0 Å². The Labute approximate surface area is 95.3 Å². The number of thiophene rings is 1. The van der Waals surface area contributed by atoms with E-state index in [1.807, 2.05) is 12.1 Å². The highest BCUT2D eigenvalue weighted by Gasteiger charge is 2.04. The van der Waals surface area contributed by atoms with E-state index < -0.39 is 0 Å². The maximum Gasteiger partial charge on any atom is 0.160 e. The molecule has 0 atom stereocenters. The summed E-state index contributed by atoms with van der Waals surface area (Å²) in [6.07, 6.45) is 2.04. The van der Waals surface area contributed by atoms with E-state index in [-0.39, 0.29) is 0 Å². The molecule has 0 aliphatic heterocycles. The van der Waals surface area contributed by atoms with Crippen LogP contribution in [-0.4, -0.2) is 45.4 Å². The summed E-state index contributed by atoms with van der Waals surface area (Å²) in [5, 5.41) is 1.16. The van der Waals surface area contributed by atoms with Crippen molar-refractivity contribution in [3.63, 3.8) is 0 Å². The lowest BCUT2D eigenvalue weighted by atomic mass is 10.4. The van der Waals surface area contributed by atoms with Crippen LogP contribution in [0.5, 0.6) is 0 Å². The first-order valence-electron chi connectivity index (χ1n) is 5.04. The molecule has 4 heteroatoms. The SMILES string of the molecule is CN(C)CCCN(C)c1ccc(C=O)s1. The van der Waals surface area contributed by atoms with Gasteiger partial charge in [-0.3, -0.25) is 4.79 Å². The zero-order valence-electron chi connectivity index (χ0n) is 9.56. The van der Waals surface area contributed by atoms with Crippen molar-refractivity contribution in [1.82, 2.24) is 4.90 Å². The van der Waals surface area contributed by atoms with Crippen LogP contribution < -0.4 is 4.90 Å². The van der Waals surface area contributed by atoms with E-state index in [0.717, 1.165) is 35.7 Å². The van der Waals surface area contributed by atoms with Gasteiger partial charge in [-0.25, -0.2) is 0 Å². The standard InChI is InChI=1S/C11H18N2OS/c1-12(2)7-4-8-13(3)11-6-5-10(9-14)15-11/h5-6,9H,4,7-8H2,1-3H3. The summed E-state index contributed by atoms with van der Waals surface area (Å²) in [6.45, 7) is 2.12. The molecular weight excluding hydrogens is 208 g/mol. The average Bonchev–Trinajstić information content (AvgIpc) is 2.65. The lowest BCUT2D eigenvalue weighted by molar-refractivity contribution is 0.112. The van der Waals surface area contributed by atoms with Crippen LogP contribution in [0.1, 0.15) is 16.1 Å². The highest BCUT2D eigenvalue weighted by atomic mass is 32.1. The van der Waals surface area contributed by atoms with Crippen molar-refractivity contribution < 1.29 is 4.79 Å². The van der Waals surface area contributed by atoms with Crippen LogP contribution in [0.15, 0.2) is 12.1 Å². The second-order valence-corrected chi connectivity index (χ2v) is 4.97. The Morgan fingerprint density at radius 1 is 1.27 bits per heavy atom. The van der Waals surface area contributed by atoms with E-state index in [4.69, 9.17) is 0 Å². The summed E-state index contributed by atoms with van der Waals surface area (Å²) >= 11 is 1.54. The minimum atomic E-state index is 0.796. The largest absolute Gasteiger partial charge is 0.366 e. The normalized spacial score (nSPS) is 10.7. The lowest BCUT2D eigenvalue weighted by Gasteiger charge is -2.18. The van der Waals surface area contributed by atoms with Crippen molar-refractivity contribution in [1.29, 1.82) is 0 Å². The topological polar surface area (TPSA) is 23.6 Å². The van der Waals surface area contributed by atoms with Crippen LogP contribution in [0, 0.1) is 0 Å². The van der Waals surface area contributed by atoms with Crippen molar-refractivity contribution in [2.24, 2.45) is 0 Å². The molecule has 1 aromatic heterocycles. The Kier molecular flexibility index (Phi) is 4.78. The third kappa shape index (κ3) is 4.01. The van der Waals surface area contributed by atoms with Crippen molar-refractivity contribution in [3.05, 3.63) is 17.0 Å². The fourth-order valence-corrected chi connectivity index (χ4v) is 2.15. The maximum atomic E-state index is 10.5. The molecule has 0 amide bonds. The summed E-state index contributed by atoms with van der Waals surface area (Å²) < 4.78 is 0. The molecule has 0 aliphatic rings. The molecule has 84 valence electrons. The zero-order valence-corrected chi connectivity index (χ0v) is 10.4. The monoisotopic (exact) mass is 226 g/mol. The molecule has 0 unspecified atom stereocenters. The minimum Gasteiger partial charge on any atom is -0.366 e. The van der Waals surface area contributed by atoms with Crippen molar-refractivity contribution in [3.8, 4) is 0 Å². The molecule has 15 heavy (non-hydrogen) atoms. The van der Waals surface area contributed by atoms with Crippen LogP contribution in [0.4, 0.5) is 5.00 Å². The van der Waals surface area contributed by atoms with Crippen LogP contribution in [0.3, 0.4) is 0 Å². The van der Waals surface area contributed by atoms with Gasteiger partial charge in [0.15, 0.2) is 6.29 Å². The number of hydrogen-bond donors (Lipinski definition) is 0. The van der Waals surface area contributed by atoms with Gasteiger partial charge in [0, 0.05) is 13.6 Å². The quantitative estimate of drug-likeness (QED) is 0.693. The van der Waals surface area contributed by atoms with Gasteiger partial charge in [0.2, 0.25) is 0 Å². The number of aldehydes is 1. The van der Waals surface area contributed by atoms with Gasteiger partial charge in [-0.05, 0) is 39.2 Å². The molecule has 0 aliphatic carbocycles. The number of anilines is 1. The molecular formula is C11H18N2OS. The van der Waals surface area contributed by atoms with Gasteiger partial charge < -0.3 is 9.80 Å². The highest BCUT2D eigenvalue weighted by molar-refractivity contribution is 7.17. The summed E-state index contributed by atoms with van der Waals surface area (Å²) in [7, 11) is 6.22. The Bertz CT molecular complexity index is 309. The first kappa shape index (κ1) is 12.2. The van der Waals surface area contributed by atoms with Crippen LogP contribution in [0.2, 0.25) is 0 Å². The molecule has 3 nitrogen and oxygen atoms in total. The molecule has 0 aromatic carbocycles. The van der Waals surface area contributed by atoms with E-state index in [2.05, 4.69) is 30.9 Å². The van der Waals surface area contributed by atoms with Gasteiger partial charge >= 0.3 is 0 Å². The molecule has 1 heterocycles. The van der Waals surface area contributed by atoms with Gasteiger partial charge in [0.25, 0.3) is 0 Å².